The molecule has 0 radical (unpaired) electrons. The van der Waals surface area contributed by atoms with Gasteiger partial charge in [-0.1, -0.05) is 6.07 Å². The average Bonchev–Trinajstić information content (AvgIpc) is 2.77. The molecule has 5 nitrogen and oxygen atoms in total. The molecule has 0 aromatic heterocycles. The van der Waals surface area contributed by atoms with Crippen LogP contribution in [0.25, 0.3) is 0 Å². The fourth-order valence-corrected chi connectivity index (χ4v) is 3.62. The van der Waals surface area contributed by atoms with E-state index in [1.807, 2.05) is 0 Å². The number of carboxylic acid groups (broad SMARTS) is 1. The second-order valence-electron chi connectivity index (χ2n) is 8.05. The van der Waals surface area contributed by atoms with Crippen LogP contribution in [0, 0.1) is 12.7 Å². The van der Waals surface area contributed by atoms with Gasteiger partial charge in [0.15, 0.2) is 0 Å². The van der Waals surface area contributed by atoms with E-state index < -0.39 is 35.6 Å². The monoisotopic (exact) mass is 509 g/mol. The Bertz CT molecular complexity index is 993. The Morgan fingerprint density at radius 2 is 1.66 bits per heavy atom. The Morgan fingerprint density at radius 3 is 2.11 bits per heavy atom. The minimum absolute atomic E-state index is 0.0559. The van der Waals surface area contributed by atoms with E-state index in [9.17, 15) is 35.5 Å². The van der Waals surface area contributed by atoms with Crippen molar-refractivity contribution >= 4 is 6.09 Å². The zero-order valence-corrected chi connectivity index (χ0v) is 19.2. The van der Waals surface area contributed by atoms with Gasteiger partial charge in [-0.25, -0.2) is 9.18 Å². The van der Waals surface area contributed by atoms with E-state index in [0.29, 0.717) is 19.6 Å². The summed E-state index contributed by atoms with van der Waals surface area (Å²) in [6.45, 7) is 4.96. The molecule has 1 aliphatic rings. The van der Waals surface area contributed by atoms with Crippen molar-refractivity contribution in [1.29, 1.82) is 0 Å². The third-order valence-corrected chi connectivity index (χ3v) is 5.62. The van der Waals surface area contributed by atoms with E-state index in [1.54, 1.807) is 13.0 Å². The molecule has 0 unspecified atom stereocenters. The van der Waals surface area contributed by atoms with E-state index in [2.05, 4.69) is 10.6 Å². The highest BCUT2D eigenvalue weighted by Gasteiger charge is 2.37. The number of aryl methyl sites for hydroxylation is 1. The maximum Gasteiger partial charge on any atom is 0.416 e. The zero-order chi connectivity index (χ0) is 26.6. The lowest BCUT2D eigenvalue weighted by atomic mass is 9.98. The molecular weight excluding hydrogens is 483 g/mol. The molecule has 1 amide bonds. The molecule has 1 heterocycles. The number of amides is 1. The molecule has 0 saturated carbocycles. The van der Waals surface area contributed by atoms with E-state index >= 15 is 0 Å². The van der Waals surface area contributed by atoms with Crippen LogP contribution in [-0.4, -0.2) is 42.8 Å². The number of carbonyl (C=O) groups is 1. The smallest absolute Gasteiger partial charge is 0.416 e. The van der Waals surface area contributed by atoms with Crippen molar-refractivity contribution in [2.75, 3.05) is 26.7 Å². The molecule has 1 fully saturated rings. The summed E-state index contributed by atoms with van der Waals surface area (Å²) in [7, 11) is 1.46. The Labute approximate surface area is 197 Å². The van der Waals surface area contributed by atoms with Crippen molar-refractivity contribution in [1.82, 2.24) is 15.5 Å². The molecule has 2 aromatic carbocycles. The van der Waals surface area contributed by atoms with Gasteiger partial charge in [-0.05, 0) is 67.9 Å². The Balaban J connectivity index is 0.000000247. The molecule has 12 heteroatoms. The van der Waals surface area contributed by atoms with Gasteiger partial charge in [-0.15, -0.1) is 0 Å². The summed E-state index contributed by atoms with van der Waals surface area (Å²) in [5, 5.41) is 14.9. The first kappa shape index (κ1) is 28.4. The summed E-state index contributed by atoms with van der Waals surface area (Å²) in [6, 6.07) is 5.19. The van der Waals surface area contributed by atoms with E-state index in [1.165, 1.54) is 31.0 Å². The zero-order valence-electron chi connectivity index (χ0n) is 19.2. The predicted octanol–water partition coefficient (Wildman–Crippen LogP) is 5.76. The number of rotatable bonds is 3. The number of hydrogen-bond donors (Lipinski definition) is 3. The lowest BCUT2D eigenvalue weighted by Gasteiger charge is -2.35. The second-order valence-corrected chi connectivity index (χ2v) is 8.05. The van der Waals surface area contributed by atoms with Gasteiger partial charge in [-0.2, -0.15) is 26.3 Å². The highest BCUT2D eigenvalue weighted by molar-refractivity contribution is 5.66. The van der Waals surface area contributed by atoms with Crippen molar-refractivity contribution in [2.24, 2.45) is 0 Å². The normalized spacial score (nSPS) is 17.4. The van der Waals surface area contributed by atoms with Crippen LogP contribution < -0.4 is 10.6 Å². The Kier molecular flexibility index (Phi) is 9.12. The highest BCUT2D eigenvalue weighted by atomic mass is 19.4. The van der Waals surface area contributed by atoms with E-state index in [0.717, 1.165) is 23.3 Å². The van der Waals surface area contributed by atoms with Gasteiger partial charge >= 0.3 is 18.4 Å². The van der Waals surface area contributed by atoms with Crippen LogP contribution in [0.4, 0.5) is 35.5 Å². The van der Waals surface area contributed by atoms with Crippen molar-refractivity contribution in [3.05, 3.63) is 70.0 Å². The van der Waals surface area contributed by atoms with Gasteiger partial charge in [0.25, 0.3) is 0 Å². The molecule has 194 valence electrons. The third kappa shape index (κ3) is 7.56. The number of piperazine rings is 1. The summed E-state index contributed by atoms with van der Waals surface area (Å²) in [5.74, 6) is -0.295. The molecule has 3 rings (SSSR count). The van der Waals surface area contributed by atoms with Gasteiger partial charge < -0.3 is 15.7 Å². The number of alkyl halides is 6. The predicted molar refractivity (Wildman–Crippen MR) is 115 cm³/mol. The maximum atomic E-state index is 13.0. The van der Waals surface area contributed by atoms with Crippen LogP contribution in [0.15, 0.2) is 36.4 Å². The van der Waals surface area contributed by atoms with Gasteiger partial charge in [0, 0.05) is 25.7 Å². The third-order valence-electron chi connectivity index (χ3n) is 5.62. The molecule has 35 heavy (non-hydrogen) atoms. The summed E-state index contributed by atoms with van der Waals surface area (Å²) < 4.78 is 88.1. The standard InChI is InChI=1S/C12H15FN2O2.C11H11F6N/c1-8-6-9(13)2-3-10(8)11-7-14-4-5-15(11)12(16)17;1-6(18-2)7-3-8(10(12,13)14)5-9(4-7)11(15,16)17/h2-3,6,11,14H,4-5,7H2,1H3,(H,16,17);3-6,18H,1-2H3/t11-;6-/m11/s1. The molecule has 3 N–H and O–H groups in total. The molecule has 2 aromatic rings. The largest absolute Gasteiger partial charge is 0.465 e. The molecular formula is C23H26F7N3O2. The number of hydrogen-bond acceptors (Lipinski definition) is 3. The Hall–Kier alpha value is -2.86. The SMILES string of the molecule is CN[C@H](C)c1cc(C(F)(F)F)cc(C(F)(F)F)c1.Cc1cc(F)ccc1[C@H]1CNCCN1C(=O)O. The number of benzene rings is 2. The number of nitrogens with zero attached hydrogens (tertiary/aromatic N) is 1. The van der Waals surface area contributed by atoms with Gasteiger partial charge in [-0.3, -0.25) is 4.90 Å². The fraction of sp³-hybridized carbons (Fsp3) is 0.435. The van der Waals surface area contributed by atoms with Crippen LogP contribution in [0.2, 0.25) is 0 Å². The Morgan fingerprint density at radius 1 is 1.09 bits per heavy atom. The average molecular weight is 509 g/mol. The van der Waals surface area contributed by atoms with Gasteiger partial charge in [0.05, 0.1) is 17.2 Å². The van der Waals surface area contributed by atoms with Gasteiger partial charge in [0.1, 0.15) is 5.82 Å². The second kappa shape index (κ2) is 11.3. The summed E-state index contributed by atoms with van der Waals surface area (Å²) in [4.78, 5) is 12.5. The van der Waals surface area contributed by atoms with Crippen molar-refractivity contribution in [3.8, 4) is 0 Å². The summed E-state index contributed by atoms with van der Waals surface area (Å²) in [5.41, 5.74) is -1.01. The minimum Gasteiger partial charge on any atom is -0.465 e. The van der Waals surface area contributed by atoms with Crippen LogP contribution in [0.3, 0.4) is 0 Å². The van der Waals surface area contributed by atoms with E-state index in [4.69, 9.17) is 5.11 Å². The number of halogens is 7. The van der Waals surface area contributed by atoms with Crippen LogP contribution >= 0.6 is 0 Å². The lowest BCUT2D eigenvalue weighted by molar-refractivity contribution is -0.143. The molecule has 0 bridgehead atoms. The van der Waals surface area contributed by atoms with Crippen LogP contribution in [0.5, 0.6) is 0 Å². The first-order valence-corrected chi connectivity index (χ1v) is 10.6. The molecule has 0 aliphatic carbocycles. The first-order valence-electron chi connectivity index (χ1n) is 10.6. The quantitative estimate of drug-likeness (QED) is 0.461. The minimum atomic E-state index is -4.80. The topological polar surface area (TPSA) is 64.6 Å². The van der Waals surface area contributed by atoms with Crippen LogP contribution in [-0.2, 0) is 12.4 Å². The van der Waals surface area contributed by atoms with Crippen LogP contribution in [0.1, 0.15) is 46.8 Å². The fourth-order valence-electron chi connectivity index (χ4n) is 3.62. The summed E-state index contributed by atoms with van der Waals surface area (Å²) in [6.07, 6.45) is -10.5. The van der Waals surface area contributed by atoms with Gasteiger partial charge in [0.2, 0.25) is 0 Å². The highest BCUT2D eigenvalue weighted by Crippen LogP contribution is 2.37. The molecule has 2 atom stereocenters. The van der Waals surface area contributed by atoms with Crippen molar-refractivity contribution in [3.63, 3.8) is 0 Å². The van der Waals surface area contributed by atoms with E-state index in [-0.39, 0.29) is 23.5 Å². The summed E-state index contributed by atoms with van der Waals surface area (Å²) >= 11 is 0. The molecule has 1 saturated heterocycles. The molecule has 0 spiro atoms. The maximum absolute atomic E-state index is 13.0. The lowest BCUT2D eigenvalue weighted by Crippen LogP contribution is -2.48. The van der Waals surface area contributed by atoms with Crippen molar-refractivity contribution in [2.45, 2.75) is 38.3 Å². The van der Waals surface area contributed by atoms with Crippen molar-refractivity contribution < 1.29 is 40.6 Å². The first-order chi connectivity index (χ1) is 16.1. The molecule has 1 aliphatic heterocycles. The number of nitrogens with one attached hydrogen (secondary N) is 2.